The molecule has 1 amide bonds. The third kappa shape index (κ3) is 2.55. The van der Waals surface area contributed by atoms with Crippen LogP contribution >= 0.6 is 11.6 Å². The predicted molar refractivity (Wildman–Crippen MR) is 67.0 cm³/mol. The first-order valence-electron chi connectivity index (χ1n) is 5.86. The third-order valence-corrected chi connectivity index (χ3v) is 3.67. The molecule has 114 valence electrons. The number of rotatable bonds is 2. The van der Waals surface area contributed by atoms with Crippen LogP contribution in [0, 0.1) is 0 Å². The minimum Gasteiger partial charge on any atom is -0.479 e. The molecule has 1 N–H and O–H groups in total. The van der Waals surface area contributed by atoms with Crippen LogP contribution in [0.15, 0.2) is 12.3 Å². The predicted octanol–water partition coefficient (Wildman–Crippen LogP) is 2.72. The molecule has 0 saturated carbocycles. The van der Waals surface area contributed by atoms with Crippen LogP contribution in [0.25, 0.3) is 0 Å². The van der Waals surface area contributed by atoms with Crippen molar-refractivity contribution in [1.82, 2.24) is 4.98 Å². The first-order chi connectivity index (χ1) is 9.57. The highest BCUT2D eigenvalue weighted by molar-refractivity contribution is 6.33. The van der Waals surface area contributed by atoms with Gasteiger partial charge in [0.15, 0.2) is 5.82 Å². The highest BCUT2D eigenvalue weighted by atomic mass is 35.5. The van der Waals surface area contributed by atoms with Crippen molar-refractivity contribution in [3.63, 3.8) is 0 Å². The zero-order chi connectivity index (χ0) is 16.0. The summed E-state index contributed by atoms with van der Waals surface area (Å²) in [6.07, 6.45) is -4.11. The number of anilines is 1. The maximum atomic E-state index is 12.6. The first-order valence-corrected chi connectivity index (χ1v) is 6.24. The molecule has 2 heterocycles. The van der Waals surface area contributed by atoms with Gasteiger partial charge in [-0.15, -0.1) is 0 Å². The molecule has 1 aromatic heterocycles. The second-order valence-corrected chi connectivity index (χ2v) is 5.24. The Morgan fingerprint density at radius 1 is 1.52 bits per heavy atom. The summed E-state index contributed by atoms with van der Waals surface area (Å²) in [4.78, 5) is 27.6. The Morgan fingerprint density at radius 3 is 2.62 bits per heavy atom. The Labute approximate surface area is 122 Å². The molecule has 1 aromatic rings. The number of aromatic nitrogens is 1. The van der Waals surface area contributed by atoms with Crippen LogP contribution in [0.4, 0.5) is 19.0 Å². The fraction of sp³-hybridized carbons (Fsp3) is 0.417. The third-order valence-electron chi connectivity index (χ3n) is 3.39. The van der Waals surface area contributed by atoms with Gasteiger partial charge in [0, 0.05) is 12.6 Å². The van der Waals surface area contributed by atoms with E-state index in [1.165, 1.54) is 6.92 Å². The normalized spacial score (nSPS) is 22.7. The number of aliphatic carboxylic acids is 1. The number of hydrogen-bond donors (Lipinski definition) is 1. The lowest BCUT2D eigenvalue weighted by atomic mass is 9.99. The molecule has 0 aliphatic carbocycles. The average Bonchev–Trinajstić information content (AvgIpc) is 2.66. The van der Waals surface area contributed by atoms with Crippen molar-refractivity contribution in [1.29, 1.82) is 0 Å². The lowest BCUT2D eigenvalue weighted by Gasteiger charge is -2.30. The van der Waals surface area contributed by atoms with Gasteiger partial charge in [0.1, 0.15) is 5.54 Å². The van der Waals surface area contributed by atoms with Crippen LogP contribution in [0.5, 0.6) is 0 Å². The van der Waals surface area contributed by atoms with Gasteiger partial charge in [-0.25, -0.2) is 9.78 Å². The summed E-state index contributed by atoms with van der Waals surface area (Å²) in [7, 11) is 0. The van der Waals surface area contributed by atoms with Gasteiger partial charge in [-0.05, 0) is 19.4 Å². The maximum absolute atomic E-state index is 12.6. The summed E-state index contributed by atoms with van der Waals surface area (Å²) in [6, 6.07) is 0.623. The number of pyridine rings is 1. The van der Waals surface area contributed by atoms with Crippen molar-refractivity contribution >= 4 is 29.3 Å². The van der Waals surface area contributed by atoms with Crippen LogP contribution in [-0.2, 0) is 15.8 Å². The average molecular weight is 323 g/mol. The zero-order valence-electron chi connectivity index (χ0n) is 10.7. The number of carbonyl (C=O) groups is 2. The summed E-state index contributed by atoms with van der Waals surface area (Å²) < 4.78 is 37.7. The Morgan fingerprint density at radius 2 is 2.14 bits per heavy atom. The molecule has 9 heteroatoms. The summed E-state index contributed by atoms with van der Waals surface area (Å²) in [5.74, 6) is -2.10. The molecular weight excluding hydrogens is 313 g/mol. The van der Waals surface area contributed by atoms with E-state index in [1.54, 1.807) is 0 Å². The van der Waals surface area contributed by atoms with E-state index in [0.717, 1.165) is 4.90 Å². The molecule has 1 aliphatic rings. The van der Waals surface area contributed by atoms with Crippen LogP contribution < -0.4 is 4.90 Å². The van der Waals surface area contributed by atoms with Gasteiger partial charge < -0.3 is 5.11 Å². The minimum atomic E-state index is -4.62. The number of carbonyl (C=O) groups excluding carboxylic acids is 1. The van der Waals surface area contributed by atoms with Gasteiger partial charge in [0.2, 0.25) is 5.91 Å². The van der Waals surface area contributed by atoms with E-state index in [0.29, 0.717) is 12.3 Å². The molecule has 1 aliphatic heterocycles. The van der Waals surface area contributed by atoms with E-state index in [4.69, 9.17) is 11.6 Å². The van der Waals surface area contributed by atoms with Gasteiger partial charge in [-0.3, -0.25) is 9.69 Å². The second kappa shape index (κ2) is 4.87. The number of halogens is 4. The van der Waals surface area contributed by atoms with Crippen molar-refractivity contribution in [2.24, 2.45) is 0 Å². The number of alkyl halides is 3. The van der Waals surface area contributed by atoms with Crippen LogP contribution in [0.1, 0.15) is 25.3 Å². The highest BCUT2D eigenvalue weighted by Crippen LogP contribution is 2.39. The molecule has 1 unspecified atom stereocenters. The van der Waals surface area contributed by atoms with Crippen molar-refractivity contribution in [3.8, 4) is 0 Å². The van der Waals surface area contributed by atoms with Gasteiger partial charge >= 0.3 is 12.1 Å². The fourth-order valence-electron chi connectivity index (χ4n) is 2.15. The van der Waals surface area contributed by atoms with Crippen LogP contribution in [0.3, 0.4) is 0 Å². The molecule has 0 aromatic carbocycles. The van der Waals surface area contributed by atoms with E-state index in [2.05, 4.69) is 4.98 Å². The SMILES string of the molecule is CC1(C(=O)O)CCC(=O)N1c1ncc(C(F)(F)F)cc1Cl. The molecule has 1 atom stereocenters. The molecule has 1 fully saturated rings. The topological polar surface area (TPSA) is 70.5 Å². The summed E-state index contributed by atoms with van der Waals surface area (Å²) >= 11 is 5.76. The van der Waals surface area contributed by atoms with Gasteiger partial charge in [0.05, 0.1) is 10.6 Å². The number of carboxylic acid groups (broad SMARTS) is 1. The molecule has 2 rings (SSSR count). The molecule has 0 radical (unpaired) electrons. The Balaban J connectivity index is 2.51. The van der Waals surface area contributed by atoms with Crippen molar-refractivity contribution < 1.29 is 27.9 Å². The lowest BCUT2D eigenvalue weighted by Crippen LogP contribution is -2.50. The van der Waals surface area contributed by atoms with E-state index >= 15 is 0 Å². The van der Waals surface area contributed by atoms with Gasteiger partial charge in [-0.1, -0.05) is 11.6 Å². The molecule has 21 heavy (non-hydrogen) atoms. The summed E-state index contributed by atoms with van der Waals surface area (Å²) in [5.41, 5.74) is -2.65. The summed E-state index contributed by atoms with van der Waals surface area (Å²) in [5, 5.41) is 8.83. The molecular formula is C12H10ClF3N2O3. The van der Waals surface area contributed by atoms with E-state index in [-0.39, 0.29) is 18.7 Å². The van der Waals surface area contributed by atoms with Crippen molar-refractivity contribution in [3.05, 3.63) is 22.8 Å². The smallest absolute Gasteiger partial charge is 0.417 e. The molecule has 0 bridgehead atoms. The van der Waals surface area contributed by atoms with Crippen LogP contribution in [-0.4, -0.2) is 27.5 Å². The Hall–Kier alpha value is -1.83. The number of nitrogens with zero attached hydrogens (tertiary/aromatic N) is 2. The Bertz CT molecular complexity index is 620. The first kappa shape index (κ1) is 15.6. The molecule has 0 spiro atoms. The quantitative estimate of drug-likeness (QED) is 0.909. The summed E-state index contributed by atoms with van der Waals surface area (Å²) in [6.45, 7) is 1.30. The minimum absolute atomic E-state index is 0.0280. The highest BCUT2D eigenvalue weighted by Gasteiger charge is 2.50. The Kier molecular flexibility index (Phi) is 3.61. The van der Waals surface area contributed by atoms with E-state index in [9.17, 15) is 27.9 Å². The number of hydrogen-bond acceptors (Lipinski definition) is 3. The standard InChI is InChI=1S/C12H10ClF3N2O3/c1-11(10(20)21)3-2-8(19)18(11)9-7(13)4-6(5-17-9)12(14,15)16/h4-5H,2-3H2,1H3,(H,20,21). The maximum Gasteiger partial charge on any atom is 0.417 e. The fourth-order valence-corrected chi connectivity index (χ4v) is 2.40. The second-order valence-electron chi connectivity index (χ2n) is 4.84. The van der Waals surface area contributed by atoms with Gasteiger partial charge in [-0.2, -0.15) is 13.2 Å². The van der Waals surface area contributed by atoms with Crippen molar-refractivity contribution in [2.45, 2.75) is 31.5 Å². The molecule has 1 saturated heterocycles. The number of carboxylic acids is 1. The lowest BCUT2D eigenvalue weighted by molar-refractivity contribution is -0.143. The van der Waals surface area contributed by atoms with Gasteiger partial charge in [0.25, 0.3) is 0 Å². The molecule has 5 nitrogen and oxygen atoms in total. The van der Waals surface area contributed by atoms with Crippen LogP contribution in [0.2, 0.25) is 5.02 Å². The zero-order valence-corrected chi connectivity index (χ0v) is 11.5. The largest absolute Gasteiger partial charge is 0.479 e. The number of amides is 1. The van der Waals surface area contributed by atoms with E-state index in [1.807, 2.05) is 0 Å². The monoisotopic (exact) mass is 322 g/mol. The van der Waals surface area contributed by atoms with E-state index < -0.39 is 34.2 Å². The van der Waals surface area contributed by atoms with Crippen molar-refractivity contribution in [2.75, 3.05) is 4.90 Å².